The fourth-order valence-electron chi connectivity index (χ4n) is 3.36. The van der Waals surface area contributed by atoms with Crippen LogP contribution < -0.4 is 0 Å². The van der Waals surface area contributed by atoms with Crippen LogP contribution in [0.2, 0.25) is 0 Å². The van der Waals surface area contributed by atoms with Crippen LogP contribution in [0.5, 0.6) is 0 Å². The van der Waals surface area contributed by atoms with Gasteiger partial charge in [0.25, 0.3) is 0 Å². The Morgan fingerprint density at radius 2 is 2.08 bits per heavy atom. The number of nitrogens with zero attached hydrogens (tertiary/aromatic N) is 3. The lowest BCUT2D eigenvalue weighted by molar-refractivity contribution is -0.145. The zero-order valence-electron chi connectivity index (χ0n) is 13.8. The third kappa shape index (κ3) is 2.94. The number of carbonyl (C=O) groups excluding carboxylic acids is 1. The second-order valence-corrected chi connectivity index (χ2v) is 6.71. The van der Waals surface area contributed by atoms with E-state index in [9.17, 15) is 4.79 Å². The molecule has 24 heavy (non-hydrogen) atoms. The lowest BCUT2D eigenvalue weighted by Crippen LogP contribution is -2.46. The lowest BCUT2D eigenvalue weighted by atomic mass is 9.94. The smallest absolute Gasteiger partial charge is 0.246 e. The van der Waals surface area contributed by atoms with Crippen molar-refractivity contribution in [2.24, 2.45) is 5.41 Å². The summed E-state index contributed by atoms with van der Waals surface area (Å²) in [4.78, 5) is 15.0. The van der Waals surface area contributed by atoms with Gasteiger partial charge in [0.1, 0.15) is 0 Å². The van der Waals surface area contributed by atoms with Gasteiger partial charge in [-0.2, -0.15) is 0 Å². The molecule has 1 aromatic heterocycles. The third-order valence-corrected chi connectivity index (χ3v) is 4.86. The summed E-state index contributed by atoms with van der Waals surface area (Å²) in [5.41, 5.74) is 0.995. The van der Waals surface area contributed by atoms with Crippen LogP contribution in [-0.2, 0) is 16.0 Å². The molecule has 126 valence electrons. The first-order chi connectivity index (χ1) is 11.7. The molecule has 1 saturated carbocycles. The van der Waals surface area contributed by atoms with Crippen molar-refractivity contribution in [3.05, 3.63) is 47.7 Å². The average molecular weight is 327 g/mol. The summed E-state index contributed by atoms with van der Waals surface area (Å²) in [5, 5.41) is 7.88. The number of carbonyl (C=O) groups is 1. The highest BCUT2D eigenvalue weighted by molar-refractivity contribution is 5.85. The number of ether oxygens (including phenoxy) is 1. The zero-order chi connectivity index (χ0) is 16.6. The summed E-state index contributed by atoms with van der Waals surface area (Å²) in [6.45, 7) is 3.36. The third-order valence-electron chi connectivity index (χ3n) is 4.86. The van der Waals surface area contributed by atoms with Crippen LogP contribution >= 0.6 is 0 Å². The Bertz CT molecular complexity index is 724. The van der Waals surface area contributed by atoms with Gasteiger partial charge in [-0.25, -0.2) is 0 Å². The second-order valence-electron chi connectivity index (χ2n) is 6.71. The summed E-state index contributed by atoms with van der Waals surface area (Å²) in [5.74, 6) is 1.20. The van der Waals surface area contributed by atoms with Crippen molar-refractivity contribution in [1.29, 1.82) is 0 Å². The predicted molar refractivity (Wildman–Crippen MR) is 86.1 cm³/mol. The van der Waals surface area contributed by atoms with Gasteiger partial charge in [-0.1, -0.05) is 30.3 Å². The molecule has 6 heteroatoms. The van der Waals surface area contributed by atoms with E-state index in [0.717, 1.165) is 19.3 Å². The summed E-state index contributed by atoms with van der Waals surface area (Å²) in [6, 6.07) is 10.2. The average Bonchev–Trinajstić information content (AvgIpc) is 3.26. The summed E-state index contributed by atoms with van der Waals surface area (Å²) < 4.78 is 11.2. The molecule has 0 radical (unpaired) electrons. The molecule has 1 amide bonds. The molecule has 1 aliphatic carbocycles. The first-order valence-electron chi connectivity index (χ1n) is 8.41. The monoisotopic (exact) mass is 327 g/mol. The first kappa shape index (κ1) is 15.3. The van der Waals surface area contributed by atoms with Crippen molar-refractivity contribution in [3.8, 4) is 0 Å². The Hall–Kier alpha value is -2.21. The summed E-state index contributed by atoms with van der Waals surface area (Å²) in [7, 11) is 0. The molecule has 0 spiro atoms. The number of amides is 1. The Kier molecular flexibility index (Phi) is 3.84. The quantitative estimate of drug-likeness (QED) is 0.862. The first-order valence-corrected chi connectivity index (χ1v) is 8.41. The van der Waals surface area contributed by atoms with Gasteiger partial charge in [0.05, 0.1) is 18.6 Å². The number of aryl methyl sites for hydroxylation is 1. The highest BCUT2D eigenvalue weighted by atomic mass is 16.5. The zero-order valence-corrected chi connectivity index (χ0v) is 13.8. The van der Waals surface area contributed by atoms with Crippen molar-refractivity contribution in [3.63, 3.8) is 0 Å². The maximum atomic E-state index is 13.1. The van der Waals surface area contributed by atoms with Crippen molar-refractivity contribution in [2.45, 2.75) is 32.3 Å². The van der Waals surface area contributed by atoms with E-state index >= 15 is 0 Å². The minimum Gasteiger partial charge on any atom is -0.423 e. The van der Waals surface area contributed by atoms with E-state index < -0.39 is 0 Å². The fraction of sp³-hybridized carbons (Fsp3) is 0.500. The highest BCUT2D eigenvalue weighted by Gasteiger charge is 2.52. The topological polar surface area (TPSA) is 68.5 Å². The molecule has 1 unspecified atom stereocenters. The van der Waals surface area contributed by atoms with Gasteiger partial charge in [0.15, 0.2) is 6.10 Å². The number of morpholine rings is 1. The van der Waals surface area contributed by atoms with Crippen LogP contribution in [0.15, 0.2) is 34.7 Å². The van der Waals surface area contributed by atoms with Gasteiger partial charge >= 0.3 is 0 Å². The van der Waals surface area contributed by atoms with Crippen LogP contribution in [-0.4, -0.2) is 40.7 Å². The largest absolute Gasteiger partial charge is 0.423 e. The van der Waals surface area contributed by atoms with Gasteiger partial charge in [0, 0.05) is 13.5 Å². The van der Waals surface area contributed by atoms with Gasteiger partial charge in [-0.3, -0.25) is 4.79 Å². The number of hydrogen-bond acceptors (Lipinski definition) is 5. The van der Waals surface area contributed by atoms with Gasteiger partial charge in [0.2, 0.25) is 17.7 Å². The Labute approximate surface area is 140 Å². The maximum Gasteiger partial charge on any atom is 0.246 e. The molecule has 2 aromatic rings. The minimum atomic E-state index is -0.323. The minimum absolute atomic E-state index is 0.228. The molecular weight excluding hydrogens is 306 g/mol. The molecule has 1 aromatic carbocycles. The van der Waals surface area contributed by atoms with Crippen LogP contribution in [0.25, 0.3) is 0 Å². The molecule has 1 saturated heterocycles. The van der Waals surface area contributed by atoms with E-state index in [0.29, 0.717) is 31.5 Å². The van der Waals surface area contributed by atoms with Crippen LogP contribution in [0.1, 0.15) is 36.3 Å². The number of benzene rings is 1. The Morgan fingerprint density at radius 1 is 1.29 bits per heavy atom. The molecule has 2 aliphatic rings. The summed E-state index contributed by atoms with van der Waals surface area (Å²) in [6.07, 6.45) is 2.41. The molecule has 1 aliphatic heterocycles. The van der Waals surface area contributed by atoms with Gasteiger partial charge in [-0.15, -0.1) is 10.2 Å². The molecule has 0 bridgehead atoms. The molecule has 4 rings (SSSR count). The second kappa shape index (κ2) is 6.02. The van der Waals surface area contributed by atoms with Gasteiger partial charge in [-0.05, 0) is 24.8 Å². The van der Waals surface area contributed by atoms with E-state index in [1.807, 2.05) is 23.1 Å². The maximum absolute atomic E-state index is 13.1. The van der Waals surface area contributed by atoms with E-state index in [1.54, 1.807) is 6.92 Å². The molecule has 1 atom stereocenters. The standard InChI is InChI=1S/C18H21N3O3/c1-13-19-20-16(24-13)15-12-21(9-10-23-15)17(22)18(7-8-18)11-14-5-3-2-4-6-14/h2-6,15H,7-12H2,1H3. The van der Waals surface area contributed by atoms with Crippen molar-refractivity contribution in [2.75, 3.05) is 19.7 Å². The van der Waals surface area contributed by atoms with Crippen LogP contribution in [0.3, 0.4) is 0 Å². The normalized spacial score (nSPS) is 22.4. The molecular formula is C18H21N3O3. The van der Waals surface area contributed by atoms with Crippen molar-refractivity contribution < 1.29 is 13.9 Å². The van der Waals surface area contributed by atoms with E-state index in [1.165, 1.54) is 5.56 Å². The predicted octanol–water partition coefficient (Wildman–Crippen LogP) is 2.30. The number of rotatable bonds is 4. The molecule has 2 heterocycles. The van der Waals surface area contributed by atoms with E-state index in [4.69, 9.17) is 9.15 Å². The highest BCUT2D eigenvalue weighted by Crippen LogP contribution is 2.50. The fourth-order valence-corrected chi connectivity index (χ4v) is 3.36. The molecule has 2 fully saturated rings. The molecule has 0 N–H and O–H groups in total. The summed E-state index contributed by atoms with van der Waals surface area (Å²) >= 11 is 0. The lowest BCUT2D eigenvalue weighted by Gasteiger charge is -2.34. The number of hydrogen-bond donors (Lipinski definition) is 0. The SMILES string of the molecule is Cc1nnc(C2CN(C(=O)C3(Cc4ccccc4)CC3)CCO2)o1. The van der Waals surface area contributed by atoms with Crippen molar-refractivity contribution >= 4 is 5.91 Å². The van der Waals surface area contributed by atoms with Crippen LogP contribution in [0, 0.1) is 12.3 Å². The van der Waals surface area contributed by atoms with Crippen molar-refractivity contribution in [1.82, 2.24) is 15.1 Å². The Morgan fingerprint density at radius 3 is 2.75 bits per heavy atom. The number of aromatic nitrogens is 2. The van der Waals surface area contributed by atoms with Gasteiger partial charge < -0.3 is 14.1 Å². The van der Waals surface area contributed by atoms with Crippen LogP contribution in [0.4, 0.5) is 0 Å². The van der Waals surface area contributed by atoms with E-state index in [-0.39, 0.29) is 17.4 Å². The molecule has 6 nitrogen and oxygen atoms in total. The Balaban J connectivity index is 1.46. The van der Waals surface area contributed by atoms with E-state index in [2.05, 4.69) is 22.3 Å².